The van der Waals surface area contributed by atoms with Gasteiger partial charge in [0, 0.05) is 24.7 Å². The van der Waals surface area contributed by atoms with Crippen molar-refractivity contribution in [1.82, 2.24) is 20.4 Å². The molecule has 2 aliphatic rings. The number of ether oxygens (including phenoxy) is 2. The zero-order valence-corrected chi connectivity index (χ0v) is 14.9. The lowest BCUT2D eigenvalue weighted by atomic mass is 10.1. The third kappa shape index (κ3) is 3.39. The third-order valence-electron chi connectivity index (χ3n) is 5.17. The van der Waals surface area contributed by atoms with E-state index in [0.29, 0.717) is 24.1 Å². The molecule has 2 bridgehead atoms. The first kappa shape index (κ1) is 16.9. The molecule has 0 aliphatic carbocycles. The Morgan fingerprint density at radius 3 is 2.96 bits per heavy atom. The number of aromatic nitrogens is 2. The molecule has 26 heavy (non-hydrogen) atoms. The highest BCUT2D eigenvalue weighted by Gasteiger charge is 2.39. The van der Waals surface area contributed by atoms with Crippen molar-refractivity contribution in [2.75, 3.05) is 20.2 Å². The molecule has 2 saturated heterocycles. The lowest BCUT2D eigenvalue weighted by Gasteiger charge is -2.26. The van der Waals surface area contributed by atoms with Gasteiger partial charge in [-0.3, -0.25) is 9.89 Å². The fourth-order valence-electron chi connectivity index (χ4n) is 3.84. The predicted molar refractivity (Wildman–Crippen MR) is 96.4 cm³/mol. The van der Waals surface area contributed by atoms with E-state index >= 15 is 0 Å². The molecule has 7 heteroatoms. The molecule has 0 radical (unpaired) electrons. The first-order valence-corrected chi connectivity index (χ1v) is 9.09. The van der Waals surface area contributed by atoms with E-state index in [9.17, 15) is 4.79 Å². The molecule has 2 atom stereocenters. The molecule has 0 spiro atoms. The minimum Gasteiger partial charge on any atom is -0.497 e. The molecule has 2 N–H and O–H groups in total. The van der Waals surface area contributed by atoms with Crippen LogP contribution in [0.1, 0.15) is 35.4 Å². The molecule has 1 amide bonds. The van der Waals surface area contributed by atoms with Gasteiger partial charge in [-0.05, 0) is 44.0 Å². The van der Waals surface area contributed by atoms with Crippen LogP contribution in [0, 0.1) is 0 Å². The average Bonchev–Trinajstić information content (AvgIpc) is 3.23. The van der Waals surface area contributed by atoms with Crippen LogP contribution in [0.25, 0.3) is 0 Å². The van der Waals surface area contributed by atoms with Gasteiger partial charge in [-0.2, -0.15) is 5.10 Å². The minimum absolute atomic E-state index is 0.0186. The predicted octanol–water partition coefficient (Wildman–Crippen LogP) is 1.96. The smallest absolute Gasteiger partial charge is 0.274 e. The topological polar surface area (TPSA) is 79.5 Å². The summed E-state index contributed by atoms with van der Waals surface area (Å²) in [5.41, 5.74) is 1.24. The van der Waals surface area contributed by atoms with Gasteiger partial charge in [0.05, 0.1) is 12.8 Å². The van der Waals surface area contributed by atoms with Crippen LogP contribution >= 0.6 is 0 Å². The van der Waals surface area contributed by atoms with Gasteiger partial charge in [0.25, 0.3) is 5.91 Å². The van der Waals surface area contributed by atoms with Crippen molar-refractivity contribution in [3.05, 3.63) is 41.7 Å². The number of H-pyrrole nitrogens is 1. The molecular weight excluding hydrogens is 332 g/mol. The monoisotopic (exact) mass is 356 g/mol. The second kappa shape index (κ2) is 7.37. The number of benzene rings is 1. The molecule has 0 saturated carbocycles. The van der Waals surface area contributed by atoms with E-state index in [1.165, 1.54) is 0 Å². The van der Waals surface area contributed by atoms with Gasteiger partial charge in [0.15, 0.2) is 5.69 Å². The summed E-state index contributed by atoms with van der Waals surface area (Å²) in [6, 6.07) is 9.83. The number of hydrogen-bond acceptors (Lipinski definition) is 5. The Morgan fingerprint density at radius 1 is 1.23 bits per heavy atom. The second-order valence-electron chi connectivity index (χ2n) is 6.84. The molecule has 1 aromatic heterocycles. The molecule has 7 nitrogen and oxygen atoms in total. The Labute approximate surface area is 152 Å². The van der Waals surface area contributed by atoms with Crippen molar-refractivity contribution in [2.45, 2.75) is 38.0 Å². The summed E-state index contributed by atoms with van der Waals surface area (Å²) in [4.78, 5) is 15.0. The summed E-state index contributed by atoms with van der Waals surface area (Å²) in [7, 11) is 1.62. The van der Waals surface area contributed by atoms with E-state index < -0.39 is 0 Å². The number of rotatable bonds is 5. The molecule has 2 aromatic rings. The fourth-order valence-corrected chi connectivity index (χ4v) is 3.84. The van der Waals surface area contributed by atoms with Crippen molar-refractivity contribution >= 4 is 5.91 Å². The van der Waals surface area contributed by atoms with Crippen molar-refractivity contribution in [3.8, 4) is 11.5 Å². The first-order chi connectivity index (χ1) is 12.7. The number of carbonyl (C=O) groups excluding carboxylic acids is 1. The van der Waals surface area contributed by atoms with E-state index in [2.05, 4.69) is 15.5 Å². The number of nitrogens with one attached hydrogen (secondary N) is 2. The summed E-state index contributed by atoms with van der Waals surface area (Å²) in [6.45, 7) is 2.17. The van der Waals surface area contributed by atoms with Crippen molar-refractivity contribution < 1.29 is 14.3 Å². The van der Waals surface area contributed by atoms with Gasteiger partial charge in [-0.1, -0.05) is 6.07 Å². The lowest BCUT2D eigenvalue weighted by Crippen LogP contribution is -2.42. The first-order valence-electron chi connectivity index (χ1n) is 9.09. The van der Waals surface area contributed by atoms with E-state index in [1.807, 2.05) is 29.2 Å². The number of carbonyl (C=O) groups is 1. The third-order valence-corrected chi connectivity index (χ3v) is 5.17. The maximum Gasteiger partial charge on any atom is 0.274 e. The standard InChI is InChI=1S/C19H24N4O3/c1-25-16-3-2-4-17(10-16)26-12-13-9-18(22-21-13)19(24)23-14-5-6-15(23)11-20-8-7-14/h2-4,9-10,14-15,20H,5-8,11-12H2,1H3,(H,21,22)/t14-,15+/m0/s1. The Hall–Kier alpha value is -2.54. The minimum atomic E-state index is 0.0186. The zero-order valence-electron chi connectivity index (χ0n) is 14.9. The van der Waals surface area contributed by atoms with Gasteiger partial charge >= 0.3 is 0 Å². The highest BCUT2D eigenvalue weighted by Crippen LogP contribution is 2.29. The van der Waals surface area contributed by atoms with Crippen LogP contribution < -0.4 is 14.8 Å². The van der Waals surface area contributed by atoms with E-state index in [1.54, 1.807) is 13.2 Å². The van der Waals surface area contributed by atoms with Gasteiger partial charge in [-0.25, -0.2) is 0 Å². The molecule has 2 fully saturated rings. The van der Waals surface area contributed by atoms with E-state index in [4.69, 9.17) is 9.47 Å². The molecule has 138 valence electrons. The van der Waals surface area contributed by atoms with Crippen molar-refractivity contribution in [1.29, 1.82) is 0 Å². The Kier molecular flexibility index (Phi) is 4.79. The SMILES string of the molecule is COc1cccc(OCc2cc(C(=O)N3[C@@H]4CCNC[C@H]3CC4)n[nH]2)c1. The number of hydrogen-bond donors (Lipinski definition) is 2. The van der Waals surface area contributed by atoms with Crippen molar-refractivity contribution in [2.24, 2.45) is 0 Å². The van der Waals surface area contributed by atoms with E-state index in [-0.39, 0.29) is 11.9 Å². The fraction of sp³-hybridized carbons (Fsp3) is 0.474. The van der Waals surface area contributed by atoms with Crippen LogP contribution in [0.2, 0.25) is 0 Å². The molecular formula is C19H24N4O3. The summed E-state index contributed by atoms with van der Waals surface area (Å²) in [5.74, 6) is 1.47. The summed E-state index contributed by atoms with van der Waals surface area (Å²) in [5, 5.41) is 10.6. The summed E-state index contributed by atoms with van der Waals surface area (Å²) < 4.78 is 11.0. The van der Waals surface area contributed by atoms with Gasteiger partial charge in [0.2, 0.25) is 0 Å². The summed E-state index contributed by atoms with van der Waals surface area (Å²) >= 11 is 0. The lowest BCUT2D eigenvalue weighted by molar-refractivity contribution is 0.0674. The summed E-state index contributed by atoms with van der Waals surface area (Å²) in [6.07, 6.45) is 3.17. The number of nitrogens with zero attached hydrogens (tertiary/aromatic N) is 2. The highest BCUT2D eigenvalue weighted by molar-refractivity contribution is 5.93. The number of aromatic amines is 1. The van der Waals surface area contributed by atoms with Crippen molar-refractivity contribution in [3.63, 3.8) is 0 Å². The van der Waals surface area contributed by atoms with Crippen LogP contribution in [0.4, 0.5) is 0 Å². The zero-order chi connectivity index (χ0) is 17.9. The van der Waals surface area contributed by atoms with Crippen LogP contribution in [-0.2, 0) is 6.61 Å². The highest BCUT2D eigenvalue weighted by atomic mass is 16.5. The Balaban J connectivity index is 1.41. The number of fused-ring (bicyclic) bond motifs is 2. The largest absolute Gasteiger partial charge is 0.497 e. The van der Waals surface area contributed by atoms with Crippen LogP contribution in [0.5, 0.6) is 11.5 Å². The maximum atomic E-state index is 12.9. The molecule has 4 rings (SSSR count). The molecule has 2 aliphatic heterocycles. The second-order valence-corrected chi connectivity index (χ2v) is 6.84. The molecule has 3 heterocycles. The average molecular weight is 356 g/mol. The van der Waals surface area contributed by atoms with Crippen LogP contribution in [0.3, 0.4) is 0 Å². The number of amides is 1. The van der Waals surface area contributed by atoms with Gasteiger partial charge < -0.3 is 19.7 Å². The quantitative estimate of drug-likeness (QED) is 0.856. The molecule has 1 aromatic carbocycles. The normalized spacial score (nSPS) is 22.1. The Bertz CT molecular complexity index is 762. The van der Waals surface area contributed by atoms with Crippen LogP contribution in [0.15, 0.2) is 30.3 Å². The van der Waals surface area contributed by atoms with E-state index in [0.717, 1.165) is 43.8 Å². The van der Waals surface area contributed by atoms with Gasteiger partial charge in [-0.15, -0.1) is 0 Å². The number of methoxy groups -OCH3 is 1. The van der Waals surface area contributed by atoms with Crippen LogP contribution in [-0.4, -0.2) is 53.3 Å². The van der Waals surface area contributed by atoms with Gasteiger partial charge in [0.1, 0.15) is 18.1 Å². The maximum absolute atomic E-state index is 12.9. The molecule has 0 unspecified atom stereocenters. The Morgan fingerprint density at radius 2 is 2.08 bits per heavy atom.